The molecule has 7 heteroatoms. The Morgan fingerprint density at radius 1 is 0.893 bits per heavy atom. The molecule has 0 heterocycles. The molecular formula is C21H25N3O4. The number of amides is 2. The number of nitrogens with one attached hydrogen (secondary N) is 3. The quantitative estimate of drug-likeness (QED) is 0.666. The molecule has 3 N–H and O–H groups in total. The topological polar surface area (TPSA) is 96.5 Å². The Morgan fingerprint density at radius 3 is 2.07 bits per heavy atom. The highest BCUT2D eigenvalue weighted by molar-refractivity contribution is 6.03. The first-order chi connectivity index (χ1) is 13.2. The average Bonchev–Trinajstić information content (AvgIpc) is 2.65. The van der Waals surface area contributed by atoms with E-state index in [2.05, 4.69) is 16.0 Å². The summed E-state index contributed by atoms with van der Waals surface area (Å²) in [6.45, 7) is 5.61. The Balaban J connectivity index is 2.07. The molecule has 0 saturated carbocycles. The Bertz CT molecular complexity index is 872. The van der Waals surface area contributed by atoms with Crippen molar-refractivity contribution in [2.45, 2.75) is 26.3 Å². The van der Waals surface area contributed by atoms with Crippen LogP contribution in [0.1, 0.15) is 41.5 Å². The van der Waals surface area contributed by atoms with Crippen molar-refractivity contribution < 1.29 is 19.1 Å². The normalized spacial score (nSPS) is 10.7. The van der Waals surface area contributed by atoms with Gasteiger partial charge in [-0.05, 0) is 45.0 Å². The third-order valence-corrected chi connectivity index (χ3v) is 3.71. The van der Waals surface area contributed by atoms with Crippen LogP contribution in [-0.2, 0) is 9.53 Å². The van der Waals surface area contributed by atoms with E-state index in [1.54, 1.807) is 48.5 Å². The van der Waals surface area contributed by atoms with Gasteiger partial charge in [0.15, 0.2) is 0 Å². The molecule has 0 aliphatic carbocycles. The largest absolute Gasteiger partial charge is 0.465 e. The van der Waals surface area contributed by atoms with Crippen LogP contribution in [0.15, 0.2) is 48.5 Å². The number of methoxy groups -OCH3 is 1. The standard InChI is InChI=1S/C21H25N3O4/c1-21(2,3)24-19(26)14-9-5-7-11-16(14)22-13-18(25)23-17-12-8-6-10-15(17)20(27)28-4/h5-12,22H,13H2,1-4H3,(H,23,25)(H,24,26). The third-order valence-electron chi connectivity index (χ3n) is 3.71. The lowest BCUT2D eigenvalue weighted by Crippen LogP contribution is -2.40. The summed E-state index contributed by atoms with van der Waals surface area (Å²) in [6, 6.07) is 13.5. The second-order valence-corrected chi connectivity index (χ2v) is 7.19. The number of rotatable bonds is 6. The van der Waals surface area contributed by atoms with Gasteiger partial charge in [0, 0.05) is 11.2 Å². The maximum Gasteiger partial charge on any atom is 0.339 e. The van der Waals surface area contributed by atoms with Gasteiger partial charge in [-0.3, -0.25) is 9.59 Å². The zero-order valence-corrected chi connectivity index (χ0v) is 16.5. The zero-order chi connectivity index (χ0) is 20.7. The lowest BCUT2D eigenvalue weighted by Gasteiger charge is -2.21. The van der Waals surface area contributed by atoms with E-state index in [-0.39, 0.29) is 29.5 Å². The fourth-order valence-electron chi connectivity index (χ4n) is 2.49. The van der Waals surface area contributed by atoms with Crippen LogP contribution in [-0.4, -0.2) is 37.0 Å². The summed E-state index contributed by atoms with van der Waals surface area (Å²) in [5.41, 5.74) is 1.24. The number of benzene rings is 2. The predicted octanol–water partition coefficient (Wildman–Crippen LogP) is 3.05. The second kappa shape index (κ2) is 9.03. The molecule has 2 aromatic rings. The minimum atomic E-state index is -0.534. The molecule has 0 fully saturated rings. The van der Waals surface area contributed by atoms with E-state index in [9.17, 15) is 14.4 Å². The first kappa shape index (κ1) is 21.0. The van der Waals surface area contributed by atoms with E-state index >= 15 is 0 Å². The van der Waals surface area contributed by atoms with Gasteiger partial charge in [-0.25, -0.2) is 4.79 Å². The summed E-state index contributed by atoms with van der Waals surface area (Å²) in [5.74, 6) is -1.12. The molecule has 148 valence electrons. The van der Waals surface area contributed by atoms with Crippen LogP contribution in [0, 0.1) is 0 Å². The molecule has 28 heavy (non-hydrogen) atoms. The number of carbonyl (C=O) groups is 3. The highest BCUT2D eigenvalue weighted by Gasteiger charge is 2.18. The van der Waals surface area contributed by atoms with Crippen LogP contribution in [0.3, 0.4) is 0 Å². The molecule has 2 aromatic carbocycles. The summed E-state index contributed by atoms with van der Waals surface area (Å²) >= 11 is 0. The smallest absolute Gasteiger partial charge is 0.339 e. The van der Waals surface area contributed by atoms with Crippen molar-refractivity contribution >= 4 is 29.2 Å². The second-order valence-electron chi connectivity index (χ2n) is 7.19. The summed E-state index contributed by atoms with van der Waals surface area (Å²) < 4.78 is 4.72. The minimum absolute atomic E-state index is 0.0741. The van der Waals surface area contributed by atoms with Gasteiger partial charge in [0.2, 0.25) is 5.91 Å². The number of carbonyl (C=O) groups excluding carboxylic acids is 3. The molecule has 0 unspecified atom stereocenters. The fourth-order valence-corrected chi connectivity index (χ4v) is 2.49. The Labute approximate surface area is 164 Å². The molecule has 2 amide bonds. The van der Waals surface area contributed by atoms with Crippen LogP contribution in [0.25, 0.3) is 0 Å². The molecule has 0 aliphatic rings. The minimum Gasteiger partial charge on any atom is -0.465 e. The summed E-state index contributed by atoms with van der Waals surface area (Å²) in [5, 5.41) is 8.55. The molecule has 0 bridgehead atoms. The lowest BCUT2D eigenvalue weighted by atomic mass is 10.1. The van der Waals surface area contributed by atoms with Crippen LogP contribution in [0.2, 0.25) is 0 Å². The molecule has 0 aliphatic heterocycles. The molecular weight excluding hydrogens is 358 g/mol. The predicted molar refractivity (Wildman–Crippen MR) is 109 cm³/mol. The number of ether oxygens (including phenoxy) is 1. The Morgan fingerprint density at radius 2 is 1.46 bits per heavy atom. The van der Waals surface area contributed by atoms with Crippen molar-refractivity contribution in [3.63, 3.8) is 0 Å². The first-order valence-corrected chi connectivity index (χ1v) is 8.84. The molecule has 2 rings (SSSR count). The maximum absolute atomic E-state index is 12.5. The van der Waals surface area contributed by atoms with Crippen molar-refractivity contribution in [1.29, 1.82) is 0 Å². The monoisotopic (exact) mass is 383 g/mol. The van der Waals surface area contributed by atoms with Crippen LogP contribution < -0.4 is 16.0 Å². The van der Waals surface area contributed by atoms with Gasteiger partial charge in [-0.2, -0.15) is 0 Å². The van der Waals surface area contributed by atoms with Crippen molar-refractivity contribution in [3.8, 4) is 0 Å². The lowest BCUT2D eigenvalue weighted by molar-refractivity contribution is -0.114. The summed E-state index contributed by atoms with van der Waals surface area (Å²) in [7, 11) is 1.28. The number of esters is 1. The first-order valence-electron chi connectivity index (χ1n) is 8.84. The summed E-state index contributed by atoms with van der Waals surface area (Å²) in [6.07, 6.45) is 0. The van der Waals surface area contributed by atoms with Gasteiger partial charge in [0.25, 0.3) is 5.91 Å². The number of hydrogen-bond acceptors (Lipinski definition) is 5. The number of anilines is 2. The maximum atomic E-state index is 12.5. The average molecular weight is 383 g/mol. The van der Waals surface area contributed by atoms with E-state index in [1.807, 2.05) is 20.8 Å². The van der Waals surface area contributed by atoms with E-state index in [0.717, 1.165) is 0 Å². The van der Waals surface area contributed by atoms with Crippen LogP contribution in [0.4, 0.5) is 11.4 Å². The van der Waals surface area contributed by atoms with Gasteiger partial charge < -0.3 is 20.7 Å². The van der Waals surface area contributed by atoms with Gasteiger partial charge in [0.05, 0.1) is 30.5 Å². The van der Waals surface area contributed by atoms with E-state index in [0.29, 0.717) is 16.9 Å². The summed E-state index contributed by atoms with van der Waals surface area (Å²) in [4.78, 5) is 36.6. The molecule has 7 nitrogen and oxygen atoms in total. The van der Waals surface area contributed by atoms with Crippen molar-refractivity contribution in [2.75, 3.05) is 24.3 Å². The Hall–Kier alpha value is -3.35. The third kappa shape index (κ3) is 5.84. The zero-order valence-electron chi connectivity index (χ0n) is 16.5. The van der Waals surface area contributed by atoms with Gasteiger partial charge in [-0.15, -0.1) is 0 Å². The van der Waals surface area contributed by atoms with Gasteiger partial charge in [-0.1, -0.05) is 24.3 Å². The van der Waals surface area contributed by atoms with Crippen molar-refractivity contribution in [3.05, 3.63) is 59.7 Å². The molecule has 0 aromatic heterocycles. The Kier molecular flexibility index (Phi) is 6.76. The molecule has 0 atom stereocenters. The van der Waals surface area contributed by atoms with E-state index in [4.69, 9.17) is 4.74 Å². The van der Waals surface area contributed by atoms with Crippen molar-refractivity contribution in [1.82, 2.24) is 5.32 Å². The number of hydrogen-bond donors (Lipinski definition) is 3. The highest BCUT2D eigenvalue weighted by Crippen LogP contribution is 2.18. The number of para-hydroxylation sites is 2. The molecule has 0 saturated heterocycles. The van der Waals surface area contributed by atoms with E-state index < -0.39 is 5.97 Å². The van der Waals surface area contributed by atoms with E-state index in [1.165, 1.54) is 7.11 Å². The van der Waals surface area contributed by atoms with Crippen LogP contribution in [0.5, 0.6) is 0 Å². The van der Waals surface area contributed by atoms with Gasteiger partial charge >= 0.3 is 5.97 Å². The molecule has 0 radical (unpaired) electrons. The molecule has 0 spiro atoms. The van der Waals surface area contributed by atoms with Crippen LogP contribution >= 0.6 is 0 Å². The SMILES string of the molecule is COC(=O)c1ccccc1NC(=O)CNc1ccccc1C(=O)NC(C)(C)C. The van der Waals surface area contributed by atoms with Crippen molar-refractivity contribution in [2.24, 2.45) is 0 Å². The fraction of sp³-hybridized carbons (Fsp3) is 0.286. The van der Waals surface area contributed by atoms with Gasteiger partial charge in [0.1, 0.15) is 0 Å². The highest BCUT2D eigenvalue weighted by atomic mass is 16.5.